The van der Waals surface area contributed by atoms with Crippen LogP contribution in [0.2, 0.25) is 0 Å². The first-order valence-corrected chi connectivity index (χ1v) is 8.93. The van der Waals surface area contributed by atoms with Crippen molar-refractivity contribution in [3.8, 4) is 0 Å². The molecule has 3 atom stereocenters. The summed E-state index contributed by atoms with van der Waals surface area (Å²) in [6.07, 6.45) is 13.1. The highest BCUT2D eigenvalue weighted by atomic mass is 14.9. The van der Waals surface area contributed by atoms with Crippen molar-refractivity contribution < 1.29 is 0 Å². The molecule has 2 aliphatic rings. The fraction of sp³-hybridized carbons (Fsp3) is 1.00. The van der Waals surface area contributed by atoms with Crippen molar-refractivity contribution in [2.45, 2.75) is 78.6 Å². The zero-order chi connectivity index (χ0) is 13.7. The van der Waals surface area contributed by atoms with Gasteiger partial charge in [0.05, 0.1) is 0 Å². The summed E-state index contributed by atoms with van der Waals surface area (Å²) in [6, 6.07) is 0. The molecule has 0 saturated heterocycles. The second-order valence-electron chi connectivity index (χ2n) is 7.46. The predicted molar refractivity (Wildman–Crippen MR) is 84.3 cm³/mol. The van der Waals surface area contributed by atoms with E-state index in [1.807, 2.05) is 0 Å². The third-order valence-corrected chi connectivity index (χ3v) is 5.65. The molecule has 0 heterocycles. The number of hydrogen-bond acceptors (Lipinski definition) is 1. The van der Waals surface area contributed by atoms with Gasteiger partial charge in [-0.2, -0.15) is 0 Å². The first-order valence-electron chi connectivity index (χ1n) is 8.93. The van der Waals surface area contributed by atoms with Gasteiger partial charge in [-0.25, -0.2) is 0 Å². The van der Waals surface area contributed by atoms with Gasteiger partial charge < -0.3 is 5.32 Å². The van der Waals surface area contributed by atoms with E-state index in [2.05, 4.69) is 26.1 Å². The van der Waals surface area contributed by atoms with E-state index >= 15 is 0 Å². The van der Waals surface area contributed by atoms with E-state index in [0.717, 1.165) is 17.8 Å². The Kier molecular flexibility index (Phi) is 5.74. The maximum absolute atomic E-state index is 3.74. The van der Waals surface area contributed by atoms with E-state index < -0.39 is 0 Å². The third-order valence-electron chi connectivity index (χ3n) is 5.65. The monoisotopic (exact) mass is 265 g/mol. The second kappa shape index (κ2) is 7.11. The Balaban J connectivity index is 1.85. The number of nitrogens with one attached hydrogen (secondary N) is 1. The molecule has 1 nitrogen and oxygen atoms in total. The Labute approximate surface area is 120 Å². The molecule has 112 valence electrons. The van der Waals surface area contributed by atoms with Crippen LogP contribution in [0.15, 0.2) is 0 Å². The van der Waals surface area contributed by atoms with Gasteiger partial charge >= 0.3 is 0 Å². The molecule has 2 aliphatic carbocycles. The molecule has 0 spiro atoms. The van der Waals surface area contributed by atoms with Crippen LogP contribution in [0.4, 0.5) is 0 Å². The predicted octanol–water partition coefficient (Wildman–Crippen LogP) is 5.01. The Morgan fingerprint density at radius 2 is 1.84 bits per heavy atom. The van der Waals surface area contributed by atoms with Crippen molar-refractivity contribution in [2.24, 2.45) is 23.2 Å². The Morgan fingerprint density at radius 1 is 1.11 bits per heavy atom. The highest BCUT2D eigenvalue weighted by molar-refractivity contribution is 5.04. The van der Waals surface area contributed by atoms with Gasteiger partial charge in [0.15, 0.2) is 0 Å². The molecule has 2 saturated carbocycles. The van der Waals surface area contributed by atoms with Crippen LogP contribution in [0.3, 0.4) is 0 Å². The van der Waals surface area contributed by atoms with Gasteiger partial charge in [-0.3, -0.25) is 0 Å². The molecule has 0 aromatic carbocycles. The molecule has 0 bridgehead atoms. The normalized spacial score (nSPS) is 34.3. The summed E-state index contributed by atoms with van der Waals surface area (Å²) in [5.41, 5.74) is 0.678. The summed E-state index contributed by atoms with van der Waals surface area (Å²) >= 11 is 0. The van der Waals surface area contributed by atoms with Crippen molar-refractivity contribution in [1.29, 1.82) is 0 Å². The molecule has 1 N–H and O–H groups in total. The van der Waals surface area contributed by atoms with Gasteiger partial charge in [0, 0.05) is 6.54 Å². The van der Waals surface area contributed by atoms with Gasteiger partial charge in [0.25, 0.3) is 0 Å². The summed E-state index contributed by atoms with van der Waals surface area (Å²) in [7, 11) is 0. The average molecular weight is 265 g/mol. The Hall–Kier alpha value is -0.0400. The van der Waals surface area contributed by atoms with Gasteiger partial charge in [-0.1, -0.05) is 46.5 Å². The smallest absolute Gasteiger partial charge is 0.000811 e. The lowest BCUT2D eigenvalue weighted by Gasteiger charge is -2.35. The summed E-state index contributed by atoms with van der Waals surface area (Å²) in [5, 5.41) is 3.74. The van der Waals surface area contributed by atoms with Crippen molar-refractivity contribution in [3.63, 3.8) is 0 Å². The first kappa shape index (κ1) is 15.4. The molecule has 19 heavy (non-hydrogen) atoms. The van der Waals surface area contributed by atoms with E-state index in [1.165, 1.54) is 64.5 Å². The Bertz CT molecular complexity index is 250. The highest BCUT2D eigenvalue weighted by Gasteiger charge is 2.53. The number of rotatable bonds is 10. The molecule has 0 aromatic rings. The minimum atomic E-state index is 0.678. The maximum atomic E-state index is 3.74. The van der Waals surface area contributed by atoms with E-state index in [1.54, 1.807) is 6.42 Å². The van der Waals surface area contributed by atoms with Crippen LogP contribution in [0.25, 0.3) is 0 Å². The van der Waals surface area contributed by atoms with Gasteiger partial charge in [0.2, 0.25) is 0 Å². The van der Waals surface area contributed by atoms with E-state index in [0.29, 0.717) is 5.41 Å². The second-order valence-corrected chi connectivity index (χ2v) is 7.46. The molecule has 0 radical (unpaired) electrons. The lowest BCUT2D eigenvalue weighted by molar-refractivity contribution is 0.180. The number of fused-ring (bicyclic) bond motifs is 1. The topological polar surface area (TPSA) is 12.0 Å². The van der Waals surface area contributed by atoms with Crippen LogP contribution in [0.1, 0.15) is 78.6 Å². The van der Waals surface area contributed by atoms with Crippen molar-refractivity contribution in [1.82, 2.24) is 5.32 Å². The first-order chi connectivity index (χ1) is 9.23. The molecular weight excluding hydrogens is 230 g/mol. The minimum Gasteiger partial charge on any atom is -0.316 e. The van der Waals surface area contributed by atoms with Gasteiger partial charge in [-0.15, -0.1) is 0 Å². The van der Waals surface area contributed by atoms with E-state index in [9.17, 15) is 0 Å². The molecule has 0 aliphatic heterocycles. The van der Waals surface area contributed by atoms with Gasteiger partial charge in [0.1, 0.15) is 0 Å². The summed E-state index contributed by atoms with van der Waals surface area (Å²) in [6.45, 7) is 9.53. The van der Waals surface area contributed by atoms with Crippen LogP contribution in [0, 0.1) is 23.2 Å². The molecule has 1 heteroatoms. The summed E-state index contributed by atoms with van der Waals surface area (Å²) in [4.78, 5) is 0. The molecule has 0 amide bonds. The van der Waals surface area contributed by atoms with Crippen LogP contribution >= 0.6 is 0 Å². The summed E-state index contributed by atoms with van der Waals surface area (Å²) in [5.74, 6) is 3.22. The standard InChI is InChI=1S/C18H35N/c1-4-7-8-15(6-3)11-18(14-19-9-5-2)12-16-10-17(16)13-18/h15-17,19H,4-14H2,1-3H3. The molecule has 3 unspecified atom stereocenters. The number of unbranched alkanes of at least 4 members (excludes halogenated alkanes) is 1. The largest absolute Gasteiger partial charge is 0.316 e. The zero-order valence-electron chi connectivity index (χ0n) is 13.5. The third kappa shape index (κ3) is 4.21. The van der Waals surface area contributed by atoms with Gasteiger partial charge in [-0.05, 0) is 61.8 Å². The highest BCUT2D eigenvalue weighted by Crippen LogP contribution is 2.61. The molecule has 0 aromatic heterocycles. The van der Waals surface area contributed by atoms with E-state index in [-0.39, 0.29) is 0 Å². The maximum Gasteiger partial charge on any atom is 0.000811 e. The van der Waals surface area contributed by atoms with Crippen molar-refractivity contribution in [2.75, 3.05) is 13.1 Å². The molecular formula is C18H35N. The number of hydrogen-bond donors (Lipinski definition) is 1. The van der Waals surface area contributed by atoms with Crippen LogP contribution in [-0.2, 0) is 0 Å². The fourth-order valence-corrected chi connectivity index (χ4v) is 4.48. The van der Waals surface area contributed by atoms with Crippen LogP contribution in [0.5, 0.6) is 0 Å². The quantitative estimate of drug-likeness (QED) is 0.548. The fourth-order valence-electron chi connectivity index (χ4n) is 4.48. The summed E-state index contributed by atoms with van der Waals surface area (Å²) < 4.78 is 0. The van der Waals surface area contributed by atoms with E-state index in [4.69, 9.17) is 0 Å². The lowest BCUT2D eigenvalue weighted by atomic mass is 9.73. The Morgan fingerprint density at radius 3 is 2.42 bits per heavy atom. The average Bonchev–Trinajstić information content (AvgIpc) is 3.03. The molecule has 2 rings (SSSR count). The van der Waals surface area contributed by atoms with Crippen molar-refractivity contribution >= 4 is 0 Å². The van der Waals surface area contributed by atoms with Crippen LogP contribution in [-0.4, -0.2) is 13.1 Å². The lowest BCUT2D eigenvalue weighted by Crippen LogP contribution is -2.35. The zero-order valence-corrected chi connectivity index (χ0v) is 13.5. The van der Waals surface area contributed by atoms with Crippen LogP contribution < -0.4 is 5.32 Å². The van der Waals surface area contributed by atoms with Crippen molar-refractivity contribution in [3.05, 3.63) is 0 Å². The minimum absolute atomic E-state index is 0.678. The SMILES string of the molecule is CCCCC(CC)CC1(CNCCC)CC2CC2C1. The molecule has 2 fully saturated rings.